The lowest BCUT2D eigenvalue weighted by molar-refractivity contribution is -0.384. The van der Waals surface area contributed by atoms with Crippen LogP contribution in [0.25, 0.3) is 0 Å². The maximum atomic E-state index is 11.4. The molecule has 0 aromatic heterocycles. The van der Waals surface area contributed by atoms with Gasteiger partial charge in [0.2, 0.25) is 0 Å². The quantitative estimate of drug-likeness (QED) is 0.345. The number of nitrogens with zero attached hydrogens (tertiary/aromatic N) is 1. The molecule has 22 heavy (non-hydrogen) atoms. The molecule has 1 aromatic rings. The Kier molecular flexibility index (Phi) is 6.69. The van der Waals surface area contributed by atoms with Crippen LogP contribution < -0.4 is 9.44 Å². The van der Waals surface area contributed by atoms with Crippen molar-refractivity contribution in [2.24, 2.45) is 0 Å². The van der Waals surface area contributed by atoms with E-state index in [1.807, 2.05) is 4.72 Å². The van der Waals surface area contributed by atoms with E-state index in [4.69, 9.17) is 5.11 Å². The van der Waals surface area contributed by atoms with Crippen LogP contribution in [0.15, 0.2) is 24.3 Å². The van der Waals surface area contributed by atoms with E-state index in [-0.39, 0.29) is 31.9 Å². The van der Waals surface area contributed by atoms with Gasteiger partial charge in [0.1, 0.15) is 6.61 Å². The molecule has 0 saturated heterocycles. The number of hydrogen-bond donors (Lipinski definition) is 3. The first-order valence-electron chi connectivity index (χ1n) is 6.12. The minimum Gasteiger partial charge on any atom is -0.444 e. The van der Waals surface area contributed by atoms with Gasteiger partial charge in [-0.05, 0) is 24.1 Å². The number of nitro benzene ring substituents is 1. The fourth-order valence-electron chi connectivity index (χ4n) is 1.32. The molecule has 0 unspecified atom stereocenters. The summed E-state index contributed by atoms with van der Waals surface area (Å²) in [4.78, 5) is 21.2. The molecule has 1 amide bonds. The molecule has 0 aliphatic carbocycles. The lowest BCUT2D eigenvalue weighted by Crippen LogP contribution is -2.41. The van der Waals surface area contributed by atoms with E-state index in [9.17, 15) is 23.3 Å². The highest BCUT2D eigenvalue weighted by Crippen LogP contribution is 2.12. The van der Waals surface area contributed by atoms with Gasteiger partial charge in [0.05, 0.1) is 4.92 Å². The molecular weight excluding hydrogens is 318 g/mol. The summed E-state index contributed by atoms with van der Waals surface area (Å²) >= 11 is 0. The Balaban J connectivity index is 2.44. The molecule has 1 aromatic carbocycles. The Hall–Kier alpha value is -2.24. The van der Waals surface area contributed by atoms with E-state index in [2.05, 4.69) is 4.74 Å². The van der Waals surface area contributed by atoms with Gasteiger partial charge in [-0.1, -0.05) is 0 Å². The average molecular weight is 333 g/mol. The smallest absolute Gasteiger partial charge is 0.422 e. The van der Waals surface area contributed by atoms with Gasteiger partial charge in [-0.2, -0.15) is 13.1 Å². The number of non-ortho nitro benzene ring substituents is 1. The van der Waals surface area contributed by atoms with Crippen LogP contribution in [0.2, 0.25) is 0 Å². The summed E-state index contributed by atoms with van der Waals surface area (Å²) in [5.74, 6) is 0. The number of hydrogen-bond acceptors (Lipinski definition) is 7. The largest absolute Gasteiger partial charge is 0.444 e. The topological polar surface area (TPSA) is 148 Å². The third kappa shape index (κ3) is 6.47. The van der Waals surface area contributed by atoms with Gasteiger partial charge in [0.15, 0.2) is 0 Å². The predicted octanol–water partition coefficient (Wildman–Crippen LogP) is 0.0378. The number of aliphatic hydroxyl groups excluding tert-OH is 1. The zero-order valence-electron chi connectivity index (χ0n) is 11.4. The molecule has 10 nitrogen and oxygen atoms in total. The summed E-state index contributed by atoms with van der Waals surface area (Å²) in [6.45, 7) is -0.454. The van der Waals surface area contributed by atoms with Crippen molar-refractivity contribution in [2.45, 2.75) is 13.0 Å². The van der Waals surface area contributed by atoms with Crippen LogP contribution >= 0.6 is 0 Å². The normalized spacial score (nSPS) is 11.0. The standard InChI is InChI=1S/C11H15N3O7S/c15-7-1-6-12-22(19,20)13-11(16)21-8-9-2-4-10(5-3-9)14(17)18/h2-5,12,15H,1,6-8H2,(H,13,16). The molecule has 0 fully saturated rings. The van der Waals surface area contributed by atoms with Crippen LogP contribution in [0.1, 0.15) is 12.0 Å². The number of carbonyl (C=O) groups is 1. The first-order valence-corrected chi connectivity index (χ1v) is 7.61. The van der Waals surface area contributed by atoms with Gasteiger partial charge in [-0.25, -0.2) is 9.52 Å². The van der Waals surface area contributed by atoms with E-state index in [1.54, 1.807) is 4.72 Å². The lowest BCUT2D eigenvalue weighted by atomic mass is 10.2. The average Bonchev–Trinajstić information content (AvgIpc) is 2.45. The van der Waals surface area contributed by atoms with E-state index in [0.717, 1.165) is 0 Å². The maximum Gasteiger partial charge on any atom is 0.422 e. The highest BCUT2D eigenvalue weighted by Gasteiger charge is 2.14. The van der Waals surface area contributed by atoms with Crippen molar-refractivity contribution in [3.05, 3.63) is 39.9 Å². The van der Waals surface area contributed by atoms with Gasteiger partial charge in [0.25, 0.3) is 5.69 Å². The molecule has 0 heterocycles. The molecule has 0 aliphatic heterocycles. The monoisotopic (exact) mass is 333 g/mol. The van der Waals surface area contributed by atoms with Crippen molar-refractivity contribution in [3.8, 4) is 0 Å². The zero-order valence-corrected chi connectivity index (χ0v) is 12.2. The summed E-state index contributed by atoms with van der Waals surface area (Å²) in [6, 6.07) is 5.26. The third-order valence-electron chi connectivity index (χ3n) is 2.36. The Labute approximate surface area is 126 Å². The molecule has 0 bridgehead atoms. The van der Waals surface area contributed by atoms with Crippen LogP contribution in [0.3, 0.4) is 0 Å². The highest BCUT2D eigenvalue weighted by atomic mass is 32.2. The molecule has 0 radical (unpaired) electrons. The molecule has 11 heteroatoms. The summed E-state index contributed by atoms with van der Waals surface area (Å²) in [5.41, 5.74) is 0.357. The predicted molar refractivity (Wildman–Crippen MR) is 75.0 cm³/mol. The van der Waals surface area contributed by atoms with Crippen LogP contribution in [0.5, 0.6) is 0 Å². The second-order valence-electron chi connectivity index (χ2n) is 4.08. The summed E-state index contributed by atoms with van der Waals surface area (Å²) in [5, 5.41) is 19.0. The molecule has 0 saturated carbocycles. The van der Waals surface area contributed by atoms with Crippen molar-refractivity contribution in [1.29, 1.82) is 0 Å². The van der Waals surface area contributed by atoms with Gasteiger partial charge in [-0.15, -0.1) is 0 Å². The number of carbonyl (C=O) groups excluding carboxylic acids is 1. The highest BCUT2D eigenvalue weighted by molar-refractivity contribution is 7.88. The van der Waals surface area contributed by atoms with Gasteiger partial charge in [-0.3, -0.25) is 10.1 Å². The molecule has 3 N–H and O–H groups in total. The Morgan fingerprint density at radius 2 is 1.95 bits per heavy atom. The van der Waals surface area contributed by atoms with Crippen molar-refractivity contribution in [2.75, 3.05) is 13.2 Å². The van der Waals surface area contributed by atoms with Crippen molar-refractivity contribution >= 4 is 22.0 Å². The zero-order chi connectivity index (χ0) is 16.6. The molecule has 122 valence electrons. The minimum atomic E-state index is -4.05. The second-order valence-corrected chi connectivity index (χ2v) is 5.58. The minimum absolute atomic E-state index is 0.0263. The van der Waals surface area contributed by atoms with Crippen LogP contribution in [0, 0.1) is 10.1 Å². The molecular formula is C11H15N3O7S. The van der Waals surface area contributed by atoms with Crippen molar-refractivity contribution < 1.29 is 28.0 Å². The fourth-order valence-corrected chi connectivity index (χ4v) is 2.09. The SMILES string of the molecule is O=C(NS(=O)(=O)NCCCO)OCc1ccc([N+](=O)[O-])cc1. The second kappa shape index (κ2) is 8.26. The Morgan fingerprint density at radius 3 is 2.50 bits per heavy atom. The van der Waals surface area contributed by atoms with Crippen molar-refractivity contribution in [1.82, 2.24) is 9.44 Å². The van der Waals surface area contributed by atoms with Crippen LogP contribution in [-0.4, -0.2) is 37.7 Å². The van der Waals surface area contributed by atoms with E-state index >= 15 is 0 Å². The number of nitrogens with one attached hydrogen (secondary N) is 2. The summed E-state index contributed by atoms with van der Waals surface area (Å²) in [6.07, 6.45) is -0.978. The number of ether oxygens (including phenoxy) is 1. The van der Waals surface area contributed by atoms with E-state index < -0.39 is 21.2 Å². The van der Waals surface area contributed by atoms with Gasteiger partial charge in [0, 0.05) is 25.3 Å². The summed E-state index contributed by atoms with van der Waals surface area (Å²) in [7, 11) is -4.05. The number of nitro groups is 1. The Bertz CT molecular complexity index is 615. The number of rotatable bonds is 8. The number of benzene rings is 1. The third-order valence-corrected chi connectivity index (χ3v) is 3.38. The molecule has 1 rings (SSSR count). The molecule has 0 atom stereocenters. The Morgan fingerprint density at radius 1 is 1.32 bits per heavy atom. The van der Waals surface area contributed by atoms with Crippen LogP contribution in [0.4, 0.5) is 10.5 Å². The lowest BCUT2D eigenvalue weighted by Gasteiger charge is -2.08. The summed E-state index contributed by atoms with van der Waals surface area (Å²) < 4.78 is 31.1. The van der Waals surface area contributed by atoms with E-state index in [0.29, 0.717) is 5.56 Å². The van der Waals surface area contributed by atoms with Crippen LogP contribution in [-0.2, 0) is 21.6 Å². The van der Waals surface area contributed by atoms with E-state index in [1.165, 1.54) is 24.3 Å². The first-order chi connectivity index (χ1) is 10.3. The fraction of sp³-hybridized carbons (Fsp3) is 0.364. The first kappa shape index (κ1) is 17.8. The number of aliphatic hydroxyl groups is 1. The van der Waals surface area contributed by atoms with Gasteiger partial charge >= 0.3 is 16.3 Å². The number of amides is 1. The molecule has 0 aliphatic rings. The maximum absolute atomic E-state index is 11.4. The van der Waals surface area contributed by atoms with Gasteiger partial charge < -0.3 is 9.84 Å². The molecule has 0 spiro atoms. The van der Waals surface area contributed by atoms with Crippen molar-refractivity contribution in [3.63, 3.8) is 0 Å².